The molecule has 0 spiro atoms. The number of pyridine rings is 1. The molecular weight excluding hydrogens is 446 g/mol. The van der Waals surface area contributed by atoms with E-state index in [2.05, 4.69) is 19.5 Å². The number of morpholine rings is 1. The van der Waals surface area contributed by atoms with Crippen molar-refractivity contribution < 1.29 is 14.2 Å². The summed E-state index contributed by atoms with van der Waals surface area (Å²) < 4.78 is 20.3. The van der Waals surface area contributed by atoms with Gasteiger partial charge in [0, 0.05) is 63.2 Å². The van der Waals surface area contributed by atoms with Gasteiger partial charge in [-0.25, -0.2) is 9.98 Å². The van der Waals surface area contributed by atoms with Crippen LogP contribution in [0.4, 0.5) is 5.69 Å². The smallest absolute Gasteiger partial charge is 0.160 e. The zero-order valence-corrected chi connectivity index (χ0v) is 20.2. The molecule has 1 aliphatic rings. The van der Waals surface area contributed by atoms with Crippen LogP contribution in [0, 0.1) is 0 Å². The number of methoxy groups -OCH3 is 2. The van der Waals surface area contributed by atoms with Crippen molar-refractivity contribution in [3.8, 4) is 22.8 Å². The molecule has 1 aliphatic heterocycles. The second-order valence-electron chi connectivity index (χ2n) is 8.35. The summed E-state index contributed by atoms with van der Waals surface area (Å²) in [5.41, 5.74) is 4.78. The Labute approximate surface area is 203 Å². The first-order chi connectivity index (χ1) is 17.1. The highest BCUT2D eigenvalue weighted by molar-refractivity contribution is 5.73. The van der Waals surface area contributed by atoms with E-state index in [4.69, 9.17) is 24.2 Å². The quantitative estimate of drug-likeness (QED) is 0.405. The summed E-state index contributed by atoms with van der Waals surface area (Å²) >= 11 is 0. The summed E-state index contributed by atoms with van der Waals surface area (Å²) in [5, 5.41) is 4.28. The molecule has 0 aliphatic carbocycles. The Morgan fingerprint density at radius 3 is 2.46 bits per heavy atom. The fraction of sp³-hybridized carbons (Fsp3) is 0.360. The van der Waals surface area contributed by atoms with Gasteiger partial charge in [-0.15, -0.1) is 0 Å². The van der Waals surface area contributed by atoms with Crippen molar-refractivity contribution in [3.05, 3.63) is 54.4 Å². The lowest BCUT2D eigenvalue weighted by molar-refractivity contribution is 0.0364. The first-order valence-corrected chi connectivity index (χ1v) is 11.6. The molecule has 1 aromatic carbocycles. The van der Waals surface area contributed by atoms with Gasteiger partial charge in [0.25, 0.3) is 0 Å². The van der Waals surface area contributed by atoms with Gasteiger partial charge >= 0.3 is 0 Å². The average Bonchev–Trinajstić information content (AvgIpc) is 3.34. The number of rotatable bonds is 7. The van der Waals surface area contributed by atoms with Crippen molar-refractivity contribution in [2.24, 2.45) is 12.0 Å². The van der Waals surface area contributed by atoms with Gasteiger partial charge in [-0.1, -0.05) is 0 Å². The molecule has 1 fully saturated rings. The maximum atomic E-state index is 5.51. The molecule has 10 nitrogen and oxygen atoms in total. The first-order valence-electron chi connectivity index (χ1n) is 11.6. The Bertz CT molecular complexity index is 1370. The van der Waals surface area contributed by atoms with Gasteiger partial charge in [-0.3, -0.25) is 14.6 Å². The molecule has 35 heavy (non-hydrogen) atoms. The van der Waals surface area contributed by atoms with Gasteiger partial charge in [0.1, 0.15) is 22.5 Å². The molecule has 0 saturated carbocycles. The Hall–Kier alpha value is -3.76. The minimum atomic E-state index is 0.683. The zero-order chi connectivity index (χ0) is 24.2. The fourth-order valence-electron chi connectivity index (χ4n) is 4.12. The number of nitrogens with zero attached hydrogens (tertiary/aromatic N) is 7. The molecule has 10 heteroatoms. The Balaban J connectivity index is 1.63. The van der Waals surface area contributed by atoms with Crippen molar-refractivity contribution in [1.82, 2.24) is 29.2 Å². The summed E-state index contributed by atoms with van der Waals surface area (Å²) in [4.78, 5) is 17.0. The molecule has 5 rings (SSSR count). The van der Waals surface area contributed by atoms with Crippen LogP contribution >= 0.6 is 0 Å². The Morgan fingerprint density at radius 1 is 1.00 bits per heavy atom. The first kappa shape index (κ1) is 23.0. The van der Waals surface area contributed by atoms with Crippen molar-refractivity contribution in [2.45, 2.75) is 6.54 Å². The van der Waals surface area contributed by atoms with E-state index >= 15 is 0 Å². The Kier molecular flexibility index (Phi) is 6.73. The van der Waals surface area contributed by atoms with E-state index in [1.54, 1.807) is 31.3 Å². The summed E-state index contributed by atoms with van der Waals surface area (Å²) in [6.07, 6.45) is 5.52. The lowest BCUT2D eigenvalue weighted by Crippen LogP contribution is -2.39. The normalized spacial score (nSPS) is 15.0. The molecule has 1 saturated heterocycles. The van der Waals surface area contributed by atoms with E-state index in [-0.39, 0.29) is 0 Å². The third-order valence-corrected chi connectivity index (χ3v) is 6.03. The van der Waals surface area contributed by atoms with Crippen LogP contribution in [0.3, 0.4) is 0 Å². The van der Waals surface area contributed by atoms with Crippen molar-refractivity contribution in [2.75, 3.05) is 47.1 Å². The van der Waals surface area contributed by atoms with Crippen molar-refractivity contribution >= 4 is 16.9 Å². The molecule has 0 amide bonds. The lowest BCUT2D eigenvalue weighted by Gasteiger charge is -2.27. The summed E-state index contributed by atoms with van der Waals surface area (Å²) in [5.74, 6) is 1.37. The number of fused-ring (bicyclic) bond motifs is 1. The summed E-state index contributed by atoms with van der Waals surface area (Å²) in [7, 11) is 5.15. The van der Waals surface area contributed by atoms with Crippen LogP contribution in [-0.4, -0.2) is 76.3 Å². The minimum Gasteiger partial charge on any atom is -0.497 e. The van der Waals surface area contributed by atoms with E-state index in [1.165, 1.54) is 0 Å². The summed E-state index contributed by atoms with van der Waals surface area (Å²) in [6, 6.07) is 9.54. The zero-order valence-electron chi connectivity index (χ0n) is 20.2. The third-order valence-electron chi connectivity index (χ3n) is 6.03. The van der Waals surface area contributed by atoms with Crippen LogP contribution < -0.4 is 15.0 Å². The highest BCUT2D eigenvalue weighted by Gasteiger charge is 2.13. The number of ether oxygens (including phenoxy) is 3. The number of hydrogen-bond acceptors (Lipinski definition) is 8. The predicted molar refractivity (Wildman–Crippen MR) is 132 cm³/mol. The topological polar surface area (TPSA) is 91.8 Å². The van der Waals surface area contributed by atoms with Crippen LogP contribution in [0.5, 0.6) is 11.5 Å². The maximum Gasteiger partial charge on any atom is 0.160 e. The number of hydrogen-bond donors (Lipinski definition) is 0. The van der Waals surface area contributed by atoms with Crippen LogP contribution in [0.25, 0.3) is 22.4 Å². The fourth-order valence-corrected chi connectivity index (χ4v) is 4.12. The SMILES string of the molecule is COc1cc(N=c2ccc3ncc(-c4cnn(C)c4)nc3n2CCN2CCOCC2)cc(OC)c1. The lowest BCUT2D eigenvalue weighted by atomic mass is 10.2. The average molecular weight is 476 g/mol. The minimum absolute atomic E-state index is 0.683. The largest absolute Gasteiger partial charge is 0.497 e. The van der Waals surface area contributed by atoms with Crippen LogP contribution in [0.1, 0.15) is 0 Å². The number of aromatic nitrogens is 5. The van der Waals surface area contributed by atoms with Gasteiger partial charge in [-0.05, 0) is 12.1 Å². The number of benzene rings is 1. The third kappa shape index (κ3) is 5.18. The van der Waals surface area contributed by atoms with Gasteiger partial charge in [0.15, 0.2) is 5.65 Å². The van der Waals surface area contributed by atoms with Crippen LogP contribution in [-0.2, 0) is 18.3 Å². The van der Waals surface area contributed by atoms with E-state index in [1.807, 2.05) is 43.6 Å². The summed E-state index contributed by atoms with van der Waals surface area (Å²) in [6.45, 7) is 4.91. The highest BCUT2D eigenvalue weighted by atomic mass is 16.5. The molecule has 0 N–H and O–H groups in total. The van der Waals surface area contributed by atoms with Crippen LogP contribution in [0.15, 0.2) is 53.9 Å². The van der Waals surface area contributed by atoms with Gasteiger partial charge in [0.2, 0.25) is 0 Å². The van der Waals surface area contributed by atoms with Crippen molar-refractivity contribution in [1.29, 1.82) is 0 Å². The standard InChI is InChI=1S/C25H29N7O3/c1-30-17-18(15-27-30)23-16-26-22-4-5-24(28-19-12-20(33-2)14-21(13-19)34-3)32(25(22)29-23)7-6-31-8-10-35-11-9-31/h4-5,12-17H,6-11H2,1-3H3. The Morgan fingerprint density at radius 2 is 1.77 bits per heavy atom. The van der Waals surface area contributed by atoms with Crippen molar-refractivity contribution in [3.63, 3.8) is 0 Å². The maximum absolute atomic E-state index is 5.51. The second kappa shape index (κ2) is 10.2. The van der Waals surface area contributed by atoms with Gasteiger partial charge in [-0.2, -0.15) is 5.10 Å². The van der Waals surface area contributed by atoms with E-state index < -0.39 is 0 Å². The molecule has 4 heterocycles. The molecule has 4 aromatic rings. The van der Waals surface area contributed by atoms with Gasteiger partial charge in [0.05, 0.1) is 51.2 Å². The number of aryl methyl sites for hydroxylation is 1. The molecule has 182 valence electrons. The van der Waals surface area contributed by atoms with E-state index in [0.717, 1.165) is 66.4 Å². The highest BCUT2D eigenvalue weighted by Crippen LogP contribution is 2.27. The molecule has 0 unspecified atom stereocenters. The van der Waals surface area contributed by atoms with Crippen LogP contribution in [0.2, 0.25) is 0 Å². The monoisotopic (exact) mass is 475 g/mol. The molecule has 0 radical (unpaired) electrons. The second-order valence-corrected chi connectivity index (χ2v) is 8.35. The predicted octanol–water partition coefficient (Wildman–Crippen LogP) is 2.41. The van der Waals surface area contributed by atoms with E-state index in [9.17, 15) is 0 Å². The van der Waals surface area contributed by atoms with Gasteiger partial charge < -0.3 is 18.8 Å². The molecule has 3 aromatic heterocycles. The molecule has 0 atom stereocenters. The molecular formula is C25H29N7O3. The van der Waals surface area contributed by atoms with E-state index in [0.29, 0.717) is 18.0 Å². The molecule has 0 bridgehead atoms.